The molecule has 1 N–H and O–H groups in total. The fraction of sp³-hybridized carbons (Fsp3) is 0.769. The lowest BCUT2D eigenvalue weighted by Crippen LogP contribution is -2.32. The van der Waals surface area contributed by atoms with Crippen LogP contribution in [-0.4, -0.2) is 43.3 Å². The lowest BCUT2D eigenvalue weighted by Gasteiger charge is -2.25. The number of piperidine rings is 1. The average Bonchev–Trinajstić information content (AvgIpc) is 2.84. The molecule has 0 saturated carbocycles. The molecule has 1 aromatic heterocycles. The van der Waals surface area contributed by atoms with Crippen molar-refractivity contribution in [1.82, 2.24) is 15.4 Å². The first-order chi connectivity index (χ1) is 8.88. The highest BCUT2D eigenvalue weighted by Gasteiger charge is 2.09. The van der Waals surface area contributed by atoms with E-state index < -0.39 is 0 Å². The summed E-state index contributed by atoms with van der Waals surface area (Å²) in [5.41, 5.74) is 0.923. The van der Waals surface area contributed by atoms with Crippen molar-refractivity contribution < 1.29 is 9.26 Å². The Labute approximate surface area is 108 Å². The molecule has 102 valence electrons. The summed E-state index contributed by atoms with van der Waals surface area (Å²) in [5.74, 6) is 0.805. The first-order valence-corrected chi connectivity index (χ1v) is 6.77. The molecule has 0 unspecified atom stereocenters. The van der Waals surface area contributed by atoms with Crippen LogP contribution in [0.4, 0.5) is 0 Å². The van der Waals surface area contributed by atoms with Crippen molar-refractivity contribution in [2.24, 2.45) is 0 Å². The van der Waals surface area contributed by atoms with Crippen molar-refractivity contribution in [2.45, 2.75) is 32.4 Å². The quantitative estimate of drug-likeness (QED) is 0.744. The Balaban J connectivity index is 1.59. The van der Waals surface area contributed by atoms with Gasteiger partial charge in [0.15, 0.2) is 5.76 Å². The van der Waals surface area contributed by atoms with Gasteiger partial charge in [-0.25, -0.2) is 0 Å². The van der Waals surface area contributed by atoms with Crippen molar-refractivity contribution >= 4 is 0 Å². The number of hydrogen-bond acceptors (Lipinski definition) is 5. The van der Waals surface area contributed by atoms with E-state index in [9.17, 15) is 0 Å². The van der Waals surface area contributed by atoms with Gasteiger partial charge in [-0.2, -0.15) is 0 Å². The van der Waals surface area contributed by atoms with Gasteiger partial charge in [0.2, 0.25) is 0 Å². The summed E-state index contributed by atoms with van der Waals surface area (Å²) in [4.78, 5) is 2.47. The smallest absolute Gasteiger partial charge is 0.162 e. The van der Waals surface area contributed by atoms with E-state index in [0.717, 1.165) is 31.2 Å². The zero-order valence-corrected chi connectivity index (χ0v) is 11.2. The van der Waals surface area contributed by atoms with Gasteiger partial charge in [-0.05, 0) is 33.0 Å². The topological polar surface area (TPSA) is 50.5 Å². The first-order valence-electron chi connectivity index (χ1n) is 6.77. The van der Waals surface area contributed by atoms with E-state index in [2.05, 4.69) is 15.4 Å². The van der Waals surface area contributed by atoms with Crippen LogP contribution in [0.5, 0.6) is 0 Å². The lowest BCUT2D eigenvalue weighted by atomic mass is 10.1. The maximum Gasteiger partial charge on any atom is 0.162 e. The van der Waals surface area contributed by atoms with Gasteiger partial charge in [-0.1, -0.05) is 11.6 Å². The molecule has 1 saturated heterocycles. The highest BCUT2D eigenvalue weighted by molar-refractivity contribution is 5.03. The molecule has 2 rings (SSSR count). The van der Waals surface area contributed by atoms with Gasteiger partial charge in [-0.3, -0.25) is 0 Å². The lowest BCUT2D eigenvalue weighted by molar-refractivity contribution is 0.0733. The maximum absolute atomic E-state index is 5.62. The highest BCUT2D eigenvalue weighted by Crippen LogP contribution is 2.08. The van der Waals surface area contributed by atoms with Gasteiger partial charge in [0.05, 0.1) is 12.3 Å². The molecule has 2 heterocycles. The summed E-state index contributed by atoms with van der Waals surface area (Å²) in [6.45, 7) is 5.48. The SMILES string of the molecule is CNCc1cc(COCCN2CCCCC2)on1. The highest BCUT2D eigenvalue weighted by atomic mass is 16.5. The molecule has 1 aromatic rings. The third kappa shape index (κ3) is 4.40. The fourth-order valence-electron chi connectivity index (χ4n) is 2.24. The van der Waals surface area contributed by atoms with Crippen LogP contribution in [-0.2, 0) is 17.9 Å². The molecule has 1 fully saturated rings. The first kappa shape index (κ1) is 13.5. The minimum atomic E-state index is 0.518. The predicted octanol–water partition coefficient (Wildman–Crippen LogP) is 1.40. The number of hydrogen-bond donors (Lipinski definition) is 1. The van der Waals surface area contributed by atoms with E-state index >= 15 is 0 Å². The summed E-state index contributed by atoms with van der Waals surface area (Å²) in [7, 11) is 1.89. The van der Waals surface area contributed by atoms with Crippen LogP contribution in [0.2, 0.25) is 0 Å². The van der Waals surface area contributed by atoms with Gasteiger partial charge in [0, 0.05) is 19.2 Å². The van der Waals surface area contributed by atoms with Crippen molar-refractivity contribution in [1.29, 1.82) is 0 Å². The maximum atomic E-state index is 5.62. The van der Waals surface area contributed by atoms with Gasteiger partial charge in [0.25, 0.3) is 0 Å². The van der Waals surface area contributed by atoms with Crippen LogP contribution < -0.4 is 5.32 Å². The van der Waals surface area contributed by atoms with E-state index in [-0.39, 0.29) is 0 Å². The van der Waals surface area contributed by atoms with E-state index in [4.69, 9.17) is 9.26 Å². The molecular formula is C13H23N3O2. The van der Waals surface area contributed by atoms with Gasteiger partial charge in [0.1, 0.15) is 6.61 Å². The second-order valence-electron chi connectivity index (χ2n) is 4.77. The predicted molar refractivity (Wildman–Crippen MR) is 69.2 cm³/mol. The van der Waals surface area contributed by atoms with Crippen LogP contribution in [0.1, 0.15) is 30.7 Å². The molecule has 18 heavy (non-hydrogen) atoms. The summed E-state index contributed by atoms with van der Waals surface area (Å²) < 4.78 is 10.8. The van der Waals surface area contributed by atoms with Gasteiger partial charge >= 0.3 is 0 Å². The third-order valence-corrected chi connectivity index (χ3v) is 3.21. The molecule has 0 bridgehead atoms. The fourth-order valence-corrected chi connectivity index (χ4v) is 2.24. The Morgan fingerprint density at radius 1 is 1.39 bits per heavy atom. The van der Waals surface area contributed by atoms with E-state index in [1.165, 1.54) is 32.4 Å². The van der Waals surface area contributed by atoms with Gasteiger partial charge < -0.3 is 19.5 Å². The number of aromatic nitrogens is 1. The van der Waals surface area contributed by atoms with E-state index in [0.29, 0.717) is 6.61 Å². The number of likely N-dealkylation sites (tertiary alicyclic amines) is 1. The van der Waals surface area contributed by atoms with Crippen LogP contribution in [0.3, 0.4) is 0 Å². The number of nitrogens with one attached hydrogen (secondary N) is 1. The van der Waals surface area contributed by atoms with Crippen molar-refractivity contribution in [3.05, 3.63) is 17.5 Å². The molecule has 0 aromatic carbocycles. The van der Waals surface area contributed by atoms with Crippen molar-refractivity contribution in [2.75, 3.05) is 33.3 Å². The zero-order valence-electron chi connectivity index (χ0n) is 11.2. The average molecular weight is 253 g/mol. The van der Waals surface area contributed by atoms with Crippen molar-refractivity contribution in [3.8, 4) is 0 Å². The van der Waals surface area contributed by atoms with Crippen LogP contribution in [0.15, 0.2) is 10.6 Å². The van der Waals surface area contributed by atoms with Gasteiger partial charge in [-0.15, -0.1) is 0 Å². The summed E-state index contributed by atoms with van der Waals surface area (Å²) in [5, 5.41) is 6.98. The third-order valence-electron chi connectivity index (χ3n) is 3.21. The minimum absolute atomic E-state index is 0.518. The Bertz CT molecular complexity index is 335. The van der Waals surface area contributed by atoms with E-state index in [1.807, 2.05) is 13.1 Å². The zero-order chi connectivity index (χ0) is 12.6. The van der Waals surface area contributed by atoms with Crippen LogP contribution in [0.25, 0.3) is 0 Å². The molecular weight excluding hydrogens is 230 g/mol. The van der Waals surface area contributed by atoms with Crippen LogP contribution >= 0.6 is 0 Å². The monoisotopic (exact) mass is 253 g/mol. The number of nitrogens with zero attached hydrogens (tertiary/aromatic N) is 2. The number of ether oxygens (including phenoxy) is 1. The molecule has 5 heteroatoms. The standard InChI is InChI=1S/C13H23N3O2/c1-14-10-12-9-13(18-15-12)11-17-8-7-16-5-3-2-4-6-16/h9,14H,2-8,10-11H2,1H3. The van der Waals surface area contributed by atoms with Crippen LogP contribution in [0, 0.1) is 0 Å². The van der Waals surface area contributed by atoms with Crippen molar-refractivity contribution in [3.63, 3.8) is 0 Å². The molecule has 0 atom stereocenters. The normalized spacial score (nSPS) is 17.2. The molecule has 0 aliphatic carbocycles. The summed E-state index contributed by atoms with van der Waals surface area (Å²) in [6.07, 6.45) is 4.04. The Morgan fingerprint density at radius 2 is 2.22 bits per heavy atom. The summed E-state index contributed by atoms with van der Waals surface area (Å²) in [6, 6.07) is 1.94. The molecule has 5 nitrogen and oxygen atoms in total. The van der Waals surface area contributed by atoms with E-state index in [1.54, 1.807) is 0 Å². The molecule has 1 aliphatic rings. The Morgan fingerprint density at radius 3 is 3.00 bits per heavy atom. The molecule has 1 aliphatic heterocycles. The molecule has 0 amide bonds. The Kier molecular flexibility index (Phi) is 5.64. The summed E-state index contributed by atoms with van der Waals surface area (Å²) >= 11 is 0. The second-order valence-corrected chi connectivity index (χ2v) is 4.77. The molecule has 0 spiro atoms. The second kappa shape index (κ2) is 7.51. The largest absolute Gasteiger partial charge is 0.372 e. The Hall–Kier alpha value is -0.910. The number of rotatable bonds is 7. The molecule has 0 radical (unpaired) electrons. The minimum Gasteiger partial charge on any atom is -0.372 e.